The van der Waals surface area contributed by atoms with Gasteiger partial charge >= 0.3 is 5.91 Å². The van der Waals surface area contributed by atoms with Gasteiger partial charge in [-0.2, -0.15) is 0 Å². The van der Waals surface area contributed by atoms with Crippen LogP contribution in [0.5, 0.6) is 0 Å². The summed E-state index contributed by atoms with van der Waals surface area (Å²) in [6, 6.07) is 5.18. The second-order valence-electron chi connectivity index (χ2n) is 8.93. The number of aliphatic hydroxyl groups excluding tert-OH is 1. The molecule has 0 radical (unpaired) electrons. The van der Waals surface area contributed by atoms with E-state index in [0.717, 1.165) is 18.5 Å². The number of allylic oxidation sites excluding steroid dienone is 1. The summed E-state index contributed by atoms with van der Waals surface area (Å²) in [5, 5.41) is 30.2. The van der Waals surface area contributed by atoms with Crippen LogP contribution < -0.4 is 10.6 Å². The smallest absolute Gasteiger partial charge is 0.313 e. The van der Waals surface area contributed by atoms with Crippen LogP contribution in [0.25, 0.3) is 0 Å². The maximum Gasteiger partial charge on any atom is 0.313 e. The maximum absolute atomic E-state index is 13.9. The molecule has 39 heavy (non-hydrogen) atoms. The number of benzene rings is 1. The summed E-state index contributed by atoms with van der Waals surface area (Å²) in [7, 11) is -2.04. The Balaban J connectivity index is 1.71. The first-order chi connectivity index (χ1) is 18.2. The van der Waals surface area contributed by atoms with Gasteiger partial charge < -0.3 is 15.3 Å². The van der Waals surface area contributed by atoms with E-state index in [1.54, 1.807) is 0 Å². The lowest BCUT2D eigenvalue weighted by atomic mass is 9.95. The molecule has 1 amide bonds. The number of rotatable bonds is 7. The van der Waals surface area contributed by atoms with Crippen molar-refractivity contribution in [3.05, 3.63) is 58.6 Å². The van der Waals surface area contributed by atoms with E-state index in [-0.39, 0.29) is 54.2 Å². The van der Waals surface area contributed by atoms with Gasteiger partial charge in [0, 0.05) is 51.5 Å². The number of ketones is 1. The van der Waals surface area contributed by atoms with Gasteiger partial charge in [0.2, 0.25) is 27.3 Å². The number of sulfonamides is 1. The predicted octanol–water partition coefficient (Wildman–Crippen LogP) is 0.385. The highest BCUT2D eigenvalue weighted by Gasteiger charge is 2.45. The standard InChI is InChI=1S/C24H26F2N6O5S2/c1-4-30-24(7-9-32(10-8-24)39(3,36)37)31(2)23(35)19-21(34)20(33)16(13-29-19)22(28)38-18(27)11-14-5-6-15(25)12-17(14)26/h1,5-6,12-13,27-28,30,34H,7-11H2,2-3H3,(H,29,33)/p+1. The van der Waals surface area contributed by atoms with E-state index >= 15 is 0 Å². The molecule has 0 unspecified atom stereocenters. The Hall–Kier alpha value is -3.58. The fraction of sp³-hybridized carbons (Fsp3) is 0.333. The third-order valence-corrected chi connectivity index (χ3v) is 8.59. The van der Waals surface area contributed by atoms with Crippen LogP contribution in [0.3, 0.4) is 0 Å². The molecule has 11 nitrogen and oxygen atoms in total. The minimum absolute atomic E-state index is 0.0350. The molecular weight excluding hydrogens is 554 g/mol. The molecule has 0 atom stereocenters. The Morgan fingerprint density at radius 1 is 1.33 bits per heavy atom. The molecule has 1 fully saturated rings. The molecule has 2 heterocycles. The van der Waals surface area contributed by atoms with Crippen molar-refractivity contribution in [1.82, 2.24) is 14.5 Å². The number of piperidine rings is 1. The van der Waals surface area contributed by atoms with Crippen LogP contribution in [-0.4, -0.2) is 76.6 Å². The van der Waals surface area contributed by atoms with Crippen LogP contribution in [0, 0.1) is 34.9 Å². The number of thioether (sulfide) groups is 1. The van der Waals surface area contributed by atoms with Crippen molar-refractivity contribution >= 4 is 43.6 Å². The van der Waals surface area contributed by atoms with Gasteiger partial charge in [-0.3, -0.25) is 25.7 Å². The molecule has 3 rings (SSSR count). The van der Waals surface area contributed by atoms with Crippen molar-refractivity contribution in [2.75, 3.05) is 26.4 Å². The van der Waals surface area contributed by atoms with Crippen LogP contribution in [0.2, 0.25) is 0 Å². The van der Waals surface area contributed by atoms with Gasteiger partial charge in [0.15, 0.2) is 0 Å². The first kappa shape index (κ1) is 30.0. The largest absolute Gasteiger partial charge is 0.500 e. The molecule has 1 aromatic rings. The van der Waals surface area contributed by atoms with Crippen molar-refractivity contribution < 1.29 is 37.2 Å². The zero-order valence-corrected chi connectivity index (χ0v) is 22.7. The number of hydrogen-bond donors (Lipinski definition) is 5. The Bertz CT molecular complexity index is 1440. The SMILES string of the molecule is C#CNC1(N(C)C(=O)C2=C(O)C(=O)C(C(=N)SC(=N)Cc3ccc(F)cc3F)=C[NH2+]2)CCN(S(C)(=O)=O)CC1. The van der Waals surface area contributed by atoms with E-state index in [4.69, 9.17) is 17.2 Å². The number of quaternary nitrogens is 1. The third-order valence-electron chi connectivity index (χ3n) is 6.47. The van der Waals surface area contributed by atoms with Gasteiger partial charge in [0.05, 0.1) is 11.3 Å². The van der Waals surface area contributed by atoms with Gasteiger partial charge in [-0.05, 0) is 11.6 Å². The lowest BCUT2D eigenvalue weighted by Crippen LogP contribution is -2.81. The molecule has 15 heteroatoms. The van der Waals surface area contributed by atoms with Crippen LogP contribution >= 0.6 is 11.8 Å². The van der Waals surface area contributed by atoms with Gasteiger partial charge in [-0.1, -0.05) is 24.3 Å². The Morgan fingerprint density at radius 3 is 2.54 bits per heavy atom. The van der Waals surface area contributed by atoms with Crippen molar-refractivity contribution in [3.8, 4) is 12.5 Å². The molecule has 0 aliphatic carbocycles. The maximum atomic E-state index is 13.9. The molecule has 2 aliphatic heterocycles. The molecular formula is C24H27F2N6O5S2+. The number of nitrogens with two attached hydrogens (primary N) is 1. The van der Waals surface area contributed by atoms with E-state index in [1.807, 2.05) is 0 Å². The van der Waals surface area contributed by atoms with E-state index in [2.05, 4.69) is 11.4 Å². The van der Waals surface area contributed by atoms with Crippen molar-refractivity contribution in [3.63, 3.8) is 0 Å². The number of carbonyl (C=O) groups is 2. The fourth-order valence-corrected chi connectivity index (χ4v) is 5.81. The molecule has 0 aromatic heterocycles. The lowest BCUT2D eigenvalue weighted by Gasteiger charge is -2.46. The Labute approximate surface area is 228 Å². The lowest BCUT2D eigenvalue weighted by molar-refractivity contribution is -0.532. The number of terminal acetylenes is 1. The van der Waals surface area contributed by atoms with Crippen LogP contribution in [0.1, 0.15) is 18.4 Å². The molecule has 6 N–H and O–H groups in total. The summed E-state index contributed by atoms with van der Waals surface area (Å²) in [5.74, 6) is -4.30. The Morgan fingerprint density at radius 2 is 1.97 bits per heavy atom. The molecule has 0 saturated carbocycles. The molecule has 0 bridgehead atoms. The predicted molar refractivity (Wildman–Crippen MR) is 141 cm³/mol. The topological polar surface area (TPSA) is 171 Å². The Kier molecular flexibility index (Phi) is 8.96. The average Bonchev–Trinajstić information content (AvgIpc) is 2.86. The van der Waals surface area contributed by atoms with Crippen LogP contribution in [0.4, 0.5) is 8.78 Å². The first-order valence-electron chi connectivity index (χ1n) is 11.5. The van der Waals surface area contributed by atoms with Gasteiger partial charge in [0.1, 0.15) is 34.1 Å². The summed E-state index contributed by atoms with van der Waals surface area (Å²) < 4.78 is 52.0. The number of likely N-dealkylation sites (N-methyl/N-ethyl adjacent to an activating group) is 1. The molecule has 1 saturated heterocycles. The number of hydrogen-bond acceptors (Lipinski definition) is 9. The fourth-order valence-electron chi connectivity index (χ4n) is 4.22. The second kappa shape index (κ2) is 11.7. The number of aliphatic hydroxyl groups is 1. The number of halogens is 2. The second-order valence-corrected chi connectivity index (χ2v) is 12.0. The molecule has 208 valence electrons. The van der Waals surface area contributed by atoms with Crippen molar-refractivity contribution in [2.24, 2.45) is 0 Å². The monoisotopic (exact) mass is 581 g/mol. The number of amides is 1. The number of carbonyl (C=O) groups excluding carboxylic acids is 2. The van der Waals surface area contributed by atoms with Crippen LogP contribution in [-0.2, 0) is 26.0 Å². The number of Topliss-reactive ketones (excluding diaryl/α,β-unsaturated/α-hetero) is 1. The van der Waals surface area contributed by atoms with E-state index < -0.39 is 49.8 Å². The molecule has 0 spiro atoms. The van der Waals surface area contributed by atoms with Crippen LogP contribution in [0.15, 0.2) is 41.4 Å². The normalized spacial score (nSPS) is 17.7. The number of nitrogens with one attached hydrogen (secondary N) is 3. The minimum atomic E-state index is -3.45. The third kappa shape index (κ3) is 6.53. The molecule has 2 aliphatic rings. The van der Waals surface area contributed by atoms with E-state index in [0.29, 0.717) is 17.8 Å². The summed E-state index contributed by atoms with van der Waals surface area (Å²) in [6.07, 6.45) is 7.73. The summed E-state index contributed by atoms with van der Waals surface area (Å²) in [4.78, 5) is 27.4. The van der Waals surface area contributed by atoms with Crippen molar-refractivity contribution in [1.29, 1.82) is 10.8 Å². The first-order valence-corrected chi connectivity index (χ1v) is 14.1. The van der Waals surface area contributed by atoms with Crippen molar-refractivity contribution in [2.45, 2.75) is 24.9 Å². The summed E-state index contributed by atoms with van der Waals surface area (Å²) >= 11 is 0.549. The highest BCUT2D eigenvalue weighted by atomic mass is 32.2. The highest BCUT2D eigenvalue weighted by molar-refractivity contribution is 8.26. The summed E-state index contributed by atoms with van der Waals surface area (Å²) in [5.41, 5.74) is -1.74. The minimum Gasteiger partial charge on any atom is -0.500 e. The zero-order chi connectivity index (χ0) is 29.1. The van der Waals surface area contributed by atoms with Gasteiger partial charge in [-0.25, -0.2) is 21.5 Å². The summed E-state index contributed by atoms with van der Waals surface area (Å²) in [6.45, 7) is 0.177. The molecule has 1 aromatic carbocycles. The average molecular weight is 582 g/mol. The van der Waals surface area contributed by atoms with Gasteiger partial charge in [0.25, 0.3) is 0 Å². The van der Waals surface area contributed by atoms with E-state index in [9.17, 15) is 31.9 Å². The highest BCUT2D eigenvalue weighted by Crippen LogP contribution is 2.28. The van der Waals surface area contributed by atoms with Gasteiger partial charge in [-0.15, -0.1) is 0 Å². The zero-order valence-electron chi connectivity index (χ0n) is 21.0. The van der Waals surface area contributed by atoms with E-state index in [1.165, 1.54) is 27.6 Å². The quantitative estimate of drug-likeness (QED) is 0.102. The number of nitrogens with zero attached hydrogens (tertiary/aromatic N) is 2.